The quantitative estimate of drug-likeness (QED) is 0.541. The van der Waals surface area contributed by atoms with Crippen molar-refractivity contribution >= 4 is 23.6 Å². The average Bonchev–Trinajstić information content (AvgIpc) is 2.92. The fourth-order valence-corrected chi connectivity index (χ4v) is 3.52. The van der Waals surface area contributed by atoms with Crippen molar-refractivity contribution in [3.8, 4) is 11.1 Å². The van der Waals surface area contributed by atoms with Gasteiger partial charge in [-0.25, -0.2) is 26.7 Å². The molecule has 3 rings (SSSR count). The third-order valence-electron chi connectivity index (χ3n) is 5.38. The maximum absolute atomic E-state index is 14.4. The molecule has 2 unspecified atom stereocenters. The van der Waals surface area contributed by atoms with Gasteiger partial charge in [0.1, 0.15) is 12.6 Å². The molecule has 2 aromatic rings. The van der Waals surface area contributed by atoms with Crippen LogP contribution >= 0.6 is 0 Å². The standard InChI is InChI=1S/C23H22F5N3O4/c1-31-17-9-5-4-7-14(17)13-6-2-3-8-15(13)18(20(31)33)30-19(32)16(24)12-35-22(34)29-11-10-23(27,28)21(25)26/h2-9,16,18,21H,10-12H2,1H3,(H,29,34)(H,30,32). The summed E-state index contributed by atoms with van der Waals surface area (Å²) in [5, 5.41) is 4.11. The van der Waals surface area contributed by atoms with Gasteiger partial charge in [0.25, 0.3) is 11.8 Å². The Labute approximate surface area is 197 Å². The summed E-state index contributed by atoms with van der Waals surface area (Å²) < 4.78 is 68.8. The molecule has 1 heterocycles. The topological polar surface area (TPSA) is 87.7 Å². The van der Waals surface area contributed by atoms with Crippen molar-refractivity contribution in [1.29, 1.82) is 0 Å². The van der Waals surface area contributed by atoms with Crippen molar-refractivity contribution in [2.45, 2.75) is 31.0 Å². The number of fused-ring (bicyclic) bond motifs is 3. The normalized spacial score (nSPS) is 16.1. The number of para-hydroxylation sites is 1. The summed E-state index contributed by atoms with van der Waals surface area (Å²) in [6.45, 7) is -1.93. The summed E-state index contributed by atoms with van der Waals surface area (Å²) >= 11 is 0. The molecule has 2 atom stereocenters. The number of carbonyl (C=O) groups is 3. The van der Waals surface area contributed by atoms with Crippen molar-refractivity contribution in [3.63, 3.8) is 0 Å². The first-order valence-electron chi connectivity index (χ1n) is 10.5. The number of carbonyl (C=O) groups excluding carboxylic acids is 3. The number of benzene rings is 2. The van der Waals surface area contributed by atoms with Gasteiger partial charge in [0.15, 0.2) is 0 Å². The van der Waals surface area contributed by atoms with Crippen LogP contribution in [0.1, 0.15) is 18.0 Å². The molecular weight excluding hydrogens is 477 g/mol. The summed E-state index contributed by atoms with van der Waals surface area (Å²) in [5.41, 5.74) is 2.44. The maximum atomic E-state index is 14.4. The molecule has 2 aromatic carbocycles. The summed E-state index contributed by atoms with van der Waals surface area (Å²) in [6, 6.07) is 12.7. The Balaban J connectivity index is 1.63. The van der Waals surface area contributed by atoms with Gasteiger partial charge >= 0.3 is 18.4 Å². The van der Waals surface area contributed by atoms with Crippen LogP contribution in [-0.4, -0.2) is 56.6 Å². The van der Waals surface area contributed by atoms with Crippen LogP contribution in [0.15, 0.2) is 48.5 Å². The van der Waals surface area contributed by atoms with Gasteiger partial charge in [0, 0.05) is 25.6 Å². The second-order valence-corrected chi connectivity index (χ2v) is 7.75. The Hall–Kier alpha value is -3.70. The van der Waals surface area contributed by atoms with Crippen LogP contribution in [0.25, 0.3) is 11.1 Å². The summed E-state index contributed by atoms with van der Waals surface area (Å²) in [5.74, 6) is -6.07. The summed E-state index contributed by atoms with van der Waals surface area (Å²) in [7, 11) is 1.52. The summed E-state index contributed by atoms with van der Waals surface area (Å²) in [6.07, 6.45) is -9.00. The molecule has 0 bridgehead atoms. The third-order valence-corrected chi connectivity index (χ3v) is 5.38. The van der Waals surface area contributed by atoms with Crippen LogP contribution in [-0.2, 0) is 14.3 Å². The van der Waals surface area contributed by atoms with E-state index in [2.05, 4.69) is 10.1 Å². The Kier molecular flexibility index (Phi) is 7.92. The van der Waals surface area contributed by atoms with Crippen LogP contribution in [0.4, 0.5) is 32.4 Å². The Bertz CT molecular complexity index is 1100. The van der Waals surface area contributed by atoms with Crippen LogP contribution in [0.5, 0.6) is 0 Å². The van der Waals surface area contributed by atoms with Crippen LogP contribution in [0.3, 0.4) is 0 Å². The molecule has 1 aliphatic heterocycles. The minimum Gasteiger partial charge on any atom is -0.446 e. The van der Waals surface area contributed by atoms with E-state index in [4.69, 9.17) is 0 Å². The van der Waals surface area contributed by atoms with E-state index in [1.807, 2.05) is 6.07 Å². The molecule has 0 aliphatic carbocycles. The first-order valence-corrected chi connectivity index (χ1v) is 10.5. The number of hydrogen-bond acceptors (Lipinski definition) is 4. The molecule has 2 N–H and O–H groups in total. The number of hydrogen-bond donors (Lipinski definition) is 2. The first-order chi connectivity index (χ1) is 16.5. The highest BCUT2D eigenvalue weighted by atomic mass is 19.3. The number of amides is 3. The van der Waals surface area contributed by atoms with Gasteiger partial charge in [-0.15, -0.1) is 0 Å². The zero-order valence-corrected chi connectivity index (χ0v) is 18.4. The van der Waals surface area contributed by atoms with E-state index < -0.39 is 62.0 Å². The number of halogens is 5. The van der Waals surface area contributed by atoms with Gasteiger partial charge in [0.05, 0.1) is 5.69 Å². The lowest BCUT2D eigenvalue weighted by atomic mass is 9.95. The number of nitrogens with one attached hydrogen (secondary N) is 2. The molecule has 1 aliphatic rings. The van der Waals surface area contributed by atoms with Crippen LogP contribution in [0, 0.1) is 0 Å². The monoisotopic (exact) mass is 499 g/mol. The SMILES string of the molecule is CN1C(=O)C(NC(=O)C(F)COC(=O)NCCC(F)(F)C(F)F)c2ccccc2-c2ccccc21. The molecule has 3 amide bonds. The van der Waals surface area contributed by atoms with Crippen molar-refractivity contribution in [1.82, 2.24) is 10.6 Å². The van der Waals surface area contributed by atoms with Gasteiger partial charge in [-0.05, 0) is 17.2 Å². The molecule has 35 heavy (non-hydrogen) atoms. The number of ether oxygens (including phenoxy) is 1. The fourth-order valence-electron chi connectivity index (χ4n) is 3.52. The zero-order valence-electron chi connectivity index (χ0n) is 18.4. The predicted molar refractivity (Wildman–Crippen MR) is 116 cm³/mol. The van der Waals surface area contributed by atoms with Gasteiger partial charge < -0.3 is 20.3 Å². The summed E-state index contributed by atoms with van der Waals surface area (Å²) in [4.78, 5) is 38.4. The molecule has 7 nitrogen and oxygen atoms in total. The van der Waals surface area contributed by atoms with Crippen molar-refractivity contribution in [2.24, 2.45) is 0 Å². The average molecular weight is 499 g/mol. The van der Waals surface area contributed by atoms with Crippen molar-refractivity contribution in [2.75, 3.05) is 25.1 Å². The highest BCUT2D eigenvalue weighted by molar-refractivity contribution is 6.06. The lowest BCUT2D eigenvalue weighted by molar-refractivity contribution is -0.132. The van der Waals surface area contributed by atoms with Gasteiger partial charge in [-0.2, -0.15) is 0 Å². The zero-order chi connectivity index (χ0) is 25.8. The Morgan fingerprint density at radius 3 is 2.37 bits per heavy atom. The number of nitrogens with zero attached hydrogens (tertiary/aromatic N) is 1. The minimum absolute atomic E-state index is 0.438. The van der Waals surface area contributed by atoms with E-state index in [1.54, 1.807) is 47.8 Å². The van der Waals surface area contributed by atoms with Crippen LogP contribution < -0.4 is 15.5 Å². The number of likely N-dealkylation sites (N-methyl/N-ethyl adjacent to an activating group) is 1. The second kappa shape index (κ2) is 10.7. The van der Waals surface area contributed by atoms with Gasteiger partial charge in [0.2, 0.25) is 6.17 Å². The van der Waals surface area contributed by atoms with E-state index in [-0.39, 0.29) is 0 Å². The van der Waals surface area contributed by atoms with Crippen LogP contribution in [0.2, 0.25) is 0 Å². The molecule has 0 spiro atoms. The number of anilines is 1. The van der Waals surface area contributed by atoms with Gasteiger partial charge in [-0.1, -0.05) is 42.5 Å². The molecule has 188 valence electrons. The molecular formula is C23H22F5N3O4. The molecule has 0 saturated heterocycles. The highest BCUT2D eigenvalue weighted by Gasteiger charge is 2.40. The van der Waals surface area contributed by atoms with E-state index in [1.165, 1.54) is 11.9 Å². The maximum Gasteiger partial charge on any atom is 0.407 e. The highest BCUT2D eigenvalue weighted by Crippen LogP contribution is 2.39. The smallest absolute Gasteiger partial charge is 0.407 e. The lowest BCUT2D eigenvalue weighted by Crippen LogP contribution is -2.44. The van der Waals surface area contributed by atoms with E-state index >= 15 is 0 Å². The molecule has 0 saturated carbocycles. The molecule has 12 heteroatoms. The third kappa shape index (κ3) is 5.87. The Morgan fingerprint density at radius 2 is 1.69 bits per heavy atom. The van der Waals surface area contributed by atoms with Crippen molar-refractivity contribution in [3.05, 3.63) is 54.1 Å². The fraction of sp³-hybridized carbons (Fsp3) is 0.348. The Morgan fingerprint density at radius 1 is 1.06 bits per heavy atom. The minimum atomic E-state index is -4.30. The van der Waals surface area contributed by atoms with E-state index in [0.29, 0.717) is 16.8 Å². The number of alkyl halides is 5. The second-order valence-electron chi connectivity index (χ2n) is 7.75. The first kappa shape index (κ1) is 25.9. The molecule has 0 fully saturated rings. The molecule has 0 radical (unpaired) electrons. The van der Waals surface area contributed by atoms with Crippen molar-refractivity contribution < 1.29 is 41.1 Å². The van der Waals surface area contributed by atoms with E-state index in [0.717, 1.165) is 5.56 Å². The van der Waals surface area contributed by atoms with Gasteiger partial charge in [-0.3, -0.25) is 9.59 Å². The number of alkyl carbamates (subject to hydrolysis) is 1. The number of rotatable bonds is 8. The lowest BCUT2D eigenvalue weighted by Gasteiger charge is -2.23. The predicted octanol–water partition coefficient (Wildman–Crippen LogP) is 3.84. The molecule has 0 aromatic heterocycles. The largest absolute Gasteiger partial charge is 0.446 e. The van der Waals surface area contributed by atoms with E-state index in [9.17, 15) is 36.3 Å².